The first-order valence-electron chi connectivity index (χ1n) is 10.5. The van der Waals surface area contributed by atoms with Gasteiger partial charge in [-0.2, -0.15) is 5.10 Å². The second kappa shape index (κ2) is 7.13. The highest BCUT2D eigenvalue weighted by Gasteiger charge is 2.39. The first kappa shape index (κ1) is 18.1. The molecule has 2 atom stereocenters. The maximum Gasteiger partial charge on any atom is 0.271 e. The molecule has 4 heterocycles. The number of nitrogens with zero attached hydrogens (tertiary/aromatic N) is 6. The standard InChI is InChI=1S/C22H26N6O/c1-3-15(2)19-21-24-20(16-6-4-10-23-14-16)25-28(21)13-12-27(19)22(29)18-7-5-11-26(18)17-8-9-17/h4-7,10-11,14-15,17,19H,3,8-9,12-13H2,1-2H3/t15-,19-/m0/s1. The summed E-state index contributed by atoms with van der Waals surface area (Å²) in [4.78, 5) is 24.6. The van der Waals surface area contributed by atoms with Gasteiger partial charge in [0, 0.05) is 36.7 Å². The van der Waals surface area contributed by atoms with Crippen LogP contribution in [0.3, 0.4) is 0 Å². The van der Waals surface area contributed by atoms with Crippen LogP contribution in [-0.2, 0) is 6.54 Å². The van der Waals surface area contributed by atoms with Gasteiger partial charge >= 0.3 is 0 Å². The van der Waals surface area contributed by atoms with E-state index in [4.69, 9.17) is 10.1 Å². The largest absolute Gasteiger partial charge is 0.340 e. The number of amides is 1. The highest BCUT2D eigenvalue weighted by Crippen LogP contribution is 2.38. The fourth-order valence-corrected chi connectivity index (χ4v) is 4.24. The topological polar surface area (TPSA) is 68.8 Å². The van der Waals surface area contributed by atoms with E-state index in [0.717, 1.165) is 36.3 Å². The average Bonchev–Trinajstić information content (AvgIpc) is 3.32. The number of hydrogen-bond donors (Lipinski definition) is 0. The predicted molar refractivity (Wildman–Crippen MR) is 109 cm³/mol. The van der Waals surface area contributed by atoms with Crippen LogP contribution in [0, 0.1) is 5.92 Å². The monoisotopic (exact) mass is 390 g/mol. The Morgan fingerprint density at radius 1 is 1.24 bits per heavy atom. The summed E-state index contributed by atoms with van der Waals surface area (Å²) in [6.07, 6.45) is 8.85. The molecule has 2 aliphatic rings. The number of fused-ring (bicyclic) bond motifs is 1. The maximum absolute atomic E-state index is 13.6. The summed E-state index contributed by atoms with van der Waals surface area (Å²) >= 11 is 0. The molecule has 0 N–H and O–H groups in total. The maximum atomic E-state index is 13.6. The summed E-state index contributed by atoms with van der Waals surface area (Å²) in [5.41, 5.74) is 1.69. The number of rotatable bonds is 5. The van der Waals surface area contributed by atoms with Crippen molar-refractivity contribution in [2.45, 2.75) is 51.7 Å². The van der Waals surface area contributed by atoms with Crippen LogP contribution in [0.25, 0.3) is 11.4 Å². The van der Waals surface area contributed by atoms with Crippen molar-refractivity contribution in [3.63, 3.8) is 0 Å². The summed E-state index contributed by atoms with van der Waals surface area (Å²) < 4.78 is 4.12. The van der Waals surface area contributed by atoms with Gasteiger partial charge in [-0.3, -0.25) is 9.78 Å². The lowest BCUT2D eigenvalue weighted by atomic mass is 9.95. The number of aromatic nitrogens is 5. The molecule has 3 aromatic heterocycles. The lowest BCUT2D eigenvalue weighted by Gasteiger charge is -2.38. The summed E-state index contributed by atoms with van der Waals surface area (Å²) in [5, 5.41) is 4.72. The van der Waals surface area contributed by atoms with Gasteiger partial charge in [0.05, 0.1) is 12.6 Å². The Morgan fingerprint density at radius 3 is 2.83 bits per heavy atom. The fourth-order valence-electron chi connectivity index (χ4n) is 4.24. The first-order chi connectivity index (χ1) is 14.2. The van der Waals surface area contributed by atoms with Crippen LogP contribution in [-0.4, -0.2) is 41.7 Å². The molecule has 0 unspecified atom stereocenters. The van der Waals surface area contributed by atoms with E-state index in [-0.39, 0.29) is 17.9 Å². The van der Waals surface area contributed by atoms with Crippen molar-refractivity contribution in [3.8, 4) is 11.4 Å². The SMILES string of the molecule is CC[C@H](C)[C@H]1c2nc(-c3cccnc3)nn2CCN1C(=O)c1cccn1C1CC1. The molecule has 3 aromatic rings. The normalized spacial score (nSPS) is 19.8. The van der Waals surface area contributed by atoms with Crippen LogP contribution in [0.5, 0.6) is 0 Å². The third kappa shape index (κ3) is 3.14. The van der Waals surface area contributed by atoms with Crippen LogP contribution in [0.4, 0.5) is 0 Å². The third-order valence-corrected chi connectivity index (χ3v) is 6.16. The molecule has 1 aliphatic heterocycles. The first-order valence-corrected chi connectivity index (χ1v) is 10.5. The molecule has 1 amide bonds. The van der Waals surface area contributed by atoms with Crippen LogP contribution in [0.1, 0.15) is 61.5 Å². The third-order valence-electron chi connectivity index (χ3n) is 6.16. The van der Waals surface area contributed by atoms with Crippen LogP contribution < -0.4 is 0 Å². The summed E-state index contributed by atoms with van der Waals surface area (Å²) in [5.74, 6) is 1.94. The summed E-state index contributed by atoms with van der Waals surface area (Å²) in [7, 11) is 0. The van der Waals surface area contributed by atoms with Gasteiger partial charge in [0.25, 0.3) is 5.91 Å². The number of hydrogen-bond acceptors (Lipinski definition) is 4. The molecular formula is C22H26N6O. The molecule has 1 fully saturated rings. The van der Waals surface area contributed by atoms with E-state index in [0.29, 0.717) is 25.0 Å². The number of carbonyl (C=O) groups is 1. The molecular weight excluding hydrogens is 364 g/mol. The van der Waals surface area contributed by atoms with Gasteiger partial charge in [-0.15, -0.1) is 0 Å². The zero-order valence-electron chi connectivity index (χ0n) is 16.9. The molecule has 0 aromatic carbocycles. The Labute approximate surface area is 170 Å². The Hall–Kier alpha value is -2.96. The van der Waals surface area contributed by atoms with Crippen molar-refractivity contribution in [2.24, 2.45) is 5.92 Å². The molecule has 0 bridgehead atoms. The van der Waals surface area contributed by atoms with Crippen LogP contribution in [0.15, 0.2) is 42.9 Å². The van der Waals surface area contributed by atoms with E-state index in [9.17, 15) is 4.79 Å². The van der Waals surface area contributed by atoms with Gasteiger partial charge in [-0.25, -0.2) is 9.67 Å². The molecule has 150 valence electrons. The van der Waals surface area contributed by atoms with Crippen molar-refractivity contribution in [1.29, 1.82) is 0 Å². The molecule has 1 aliphatic carbocycles. The van der Waals surface area contributed by atoms with E-state index in [1.54, 1.807) is 12.4 Å². The van der Waals surface area contributed by atoms with Crippen molar-refractivity contribution in [3.05, 3.63) is 54.4 Å². The molecule has 5 rings (SSSR count). The second-order valence-corrected chi connectivity index (χ2v) is 8.12. The minimum atomic E-state index is -0.0817. The molecule has 0 radical (unpaired) electrons. The van der Waals surface area contributed by atoms with Gasteiger partial charge in [0.1, 0.15) is 5.69 Å². The van der Waals surface area contributed by atoms with Gasteiger partial charge in [0.15, 0.2) is 11.6 Å². The highest BCUT2D eigenvalue weighted by atomic mass is 16.2. The van der Waals surface area contributed by atoms with E-state index >= 15 is 0 Å². The van der Waals surface area contributed by atoms with Gasteiger partial charge in [-0.1, -0.05) is 20.3 Å². The van der Waals surface area contributed by atoms with Crippen LogP contribution in [0.2, 0.25) is 0 Å². The highest BCUT2D eigenvalue weighted by molar-refractivity contribution is 5.93. The minimum absolute atomic E-state index is 0.0817. The van der Waals surface area contributed by atoms with Gasteiger partial charge in [0.2, 0.25) is 0 Å². The molecule has 1 saturated carbocycles. The smallest absolute Gasteiger partial charge is 0.271 e. The van der Waals surface area contributed by atoms with Crippen molar-refractivity contribution < 1.29 is 4.79 Å². The molecule has 0 saturated heterocycles. The van der Waals surface area contributed by atoms with E-state index in [1.807, 2.05) is 40.0 Å². The Bertz CT molecular complexity index is 1020. The second-order valence-electron chi connectivity index (χ2n) is 8.12. The molecule has 29 heavy (non-hydrogen) atoms. The molecule has 7 heteroatoms. The Morgan fingerprint density at radius 2 is 2.10 bits per heavy atom. The zero-order valence-corrected chi connectivity index (χ0v) is 16.9. The Balaban J connectivity index is 1.52. The van der Waals surface area contributed by atoms with E-state index in [2.05, 4.69) is 23.4 Å². The van der Waals surface area contributed by atoms with Crippen molar-refractivity contribution >= 4 is 5.91 Å². The van der Waals surface area contributed by atoms with E-state index < -0.39 is 0 Å². The molecule has 0 spiro atoms. The predicted octanol–water partition coefficient (Wildman–Crippen LogP) is 3.72. The number of pyridine rings is 1. The fraction of sp³-hybridized carbons (Fsp3) is 0.455. The quantitative estimate of drug-likeness (QED) is 0.666. The van der Waals surface area contributed by atoms with Crippen molar-refractivity contribution in [1.82, 2.24) is 29.2 Å². The van der Waals surface area contributed by atoms with Gasteiger partial charge < -0.3 is 9.47 Å². The van der Waals surface area contributed by atoms with E-state index in [1.165, 1.54) is 0 Å². The Kier molecular flexibility index (Phi) is 4.45. The zero-order chi connectivity index (χ0) is 20.0. The number of carbonyl (C=O) groups excluding carboxylic acids is 1. The van der Waals surface area contributed by atoms with Crippen LogP contribution >= 0.6 is 0 Å². The summed E-state index contributed by atoms with van der Waals surface area (Å²) in [6, 6.07) is 8.20. The lowest BCUT2D eigenvalue weighted by Crippen LogP contribution is -2.45. The minimum Gasteiger partial charge on any atom is -0.340 e. The van der Waals surface area contributed by atoms with Crippen molar-refractivity contribution in [2.75, 3.05) is 6.54 Å². The summed E-state index contributed by atoms with van der Waals surface area (Å²) in [6.45, 7) is 5.66. The van der Waals surface area contributed by atoms with Gasteiger partial charge in [-0.05, 0) is 43.0 Å². The lowest BCUT2D eigenvalue weighted by molar-refractivity contribution is 0.0507. The average molecular weight is 390 g/mol. The molecule has 7 nitrogen and oxygen atoms in total.